The fourth-order valence-corrected chi connectivity index (χ4v) is 3.64. The van der Waals surface area contributed by atoms with Crippen LogP contribution in [0.4, 0.5) is 0 Å². The molecule has 0 aliphatic rings. The van der Waals surface area contributed by atoms with Gasteiger partial charge >= 0.3 is 0 Å². The number of hydrogen-bond donors (Lipinski definition) is 1. The molecule has 0 saturated heterocycles. The monoisotopic (exact) mass is 362 g/mol. The second-order valence-electron chi connectivity index (χ2n) is 5.00. The number of rotatable bonds is 5. The molecule has 0 saturated carbocycles. The van der Waals surface area contributed by atoms with Crippen molar-refractivity contribution in [3.05, 3.63) is 64.4 Å². The lowest BCUT2D eigenvalue weighted by molar-refractivity contribution is 0.0945. The molecular weight excluding hydrogens is 348 g/mol. The molecule has 0 bridgehead atoms. The van der Waals surface area contributed by atoms with Crippen LogP contribution in [-0.4, -0.2) is 28.5 Å². The summed E-state index contributed by atoms with van der Waals surface area (Å²) in [6.45, 7) is 2.14. The smallest absolute Gasteiger partial charge is 0.282 e. The van der Waals surface area contributed by atoms with Gasteiger partial charge in [0.1, 0.15) is 5.01 Å². The zero-order valence-electron chi connectivity index (χ0n) is 12.7. The first-order valence-electron chi connectivity index (χ1n) is 7.01. The third kappa shape index (κ3) is 3.36. The van der Waals surface area contributed by atoms with E-state index >= 15 is 0 Å². The summed E-state index contributed by atoms with van der Waals surface area (Å²) < 4.78 is 25.8. The molecular formula is C15H14N4O3S2. The molecule has 9 heteroatoms. The van der Waals surface area contributed by atoms with Crippen molar-refractivity contribution < 1.29 is 13.2 Å². The Morgan fingerprint density at radius 2 is 2.00 bits per heavy atom. The van der Waals surface area contributed by atoms with E-state index in [1.54, 1.807) is 18.3 Å². The van der Waals surface area contributed by atoms with Crippen LogP contribution < -0.4 is 5.32 Å². The molecule has 0 aliphatic carbocycles. The van der Waals surface area contributed by atoms with Crippen LogP contribution in [0.25, 0.3) is 0 Å². The molecule has 0 fully saturated rings. The molecule has 0 aliphatic heterocycles. The maximum Gasteiger partial charge on any atom is 0.282 e. The predicted molar refractivity (Wildman–Crippen MR) is 89.3 cm³/mol. The highest BCUT2D eigenvalue weighted by Crippen LogP contribution is 2.14. The number of hydrogen-bond acceptors (Lipinski definition) is 6. The van der Waals surface area contributed by atoms with Crippen LogP contribution in [0.3, 0.4) is 0 Å². The standard InChI is InChI=1S/C15H14N4O3S2/c1-11-2-4-12(5-3-11)24(21,22)19-8-6-13(18-19)15(20)17-10-14-16-7-9-23-14/h2-9H,10H2,1H3,(H,17,20). The molecule has 1 N–H and O–H groups in total. The second kappa shape index (κ2) is 6.54. The first-order chi connectivity index (χ1) is 11.5. The van der Waals surface area contributed by atoms with E-state index in [1.807, 2.05) is 12.3 Å². The minimum atomic E-state index is -3.81. The number of nitrogens with one attached hydrogen (secondary N) is 1. The van der Waals surface area contributed by atoms with Crippen LogP contribution in [0.1, 0.15) is 21.1 Å². The molecule has 0 spiro atoms. The molecule has 2 aromatic heterocycles. The van der Waals surface area contributed by atoms with Gasteiger partial charge in [-0.05, 0) is 25.1 Å². The van der Waals surface area contributed by atoms with Crippen LogP contribution in [0.15, 0.2) is 53.0 Å². The molecule has 3 aromatic rings. The highest BCUT2D eigenvalue weighted by Gasteiger charge is 2.20. The summed E-state index contributed by atoms with van der Waals surface area (Å²) in [4.78, 5) is 16.2. The number of carbonyl (C=O) groups is 1. The SMILES string of the molecule is Cc1ccc(S(=O)(=O)n2ccc(C(=O)NCc3nccs3)n2)cc1. The number of benzene rings is 1. The zero-order chi connectivity index (χ0) is 17.2. The van der Waals surface area contributed by atoms with Gasteiger partial charge in [-0.2, -0.15) is 17.6 Å². The Hall–Kier alpha value is -2.52. The Kier molecular flexibility index (Phi) is 4.45. The third-order valence-electron chi connectivity index (χ3n) is 3.25. The van der Waals surface area contributed by atoms with Crippen LogP contribution in [0.2, 0.25) is 0 Å². The van der Waals surface area contributed by atoms with Crippen LogP contribution in [0, 0.1) is 6.92 Å². The van der Waals surface area contributed by atoms with E-state index in [9.17, 15) is 13.2 Å². The third-order valence-corrected chi connectivity index (χ3v) is 5.59. The van der Waals surface area contributed by atoms with E-state index in [0.29, 0.717) is 0 Å². The van der Waals surface area contributed by atoms with Crippen molar-refractivity contribution >= 4 is 27.3 Å². The number of aryl methyl sites for hydroxylation is 1. The Bertz CT molecular complexity index is 945. The minimum absolute atomic E-state index is 0.0299. The zero-order valence-corrected chi connectivity index (χ0v) is 14.3. The van der Waals surface area contributed by atoms with Gasteiger partial charge in [-0.15, -0.1) is 11.3 Å². The van der Waals surface area contributed by atoms with Gasteiger partial charge < -0.3 is 5.32 Å². The van der Waals surface area contributed by atoms with Gasteiger partial charge in [-0.3, -0.25) is 4.79 Å². The first-order valence-corrected chi connectivity index (χ1v) is 9.33. The fourth-order valence-electron chi connectivity index (χ4n) is 1.97. The quantitative estimate of drug-likeness (QED) is 0.747. The van der Waals surface area contributed by atoms with Crippen LogP contribution in [0.5, 0.6) is 0 Å². The Morgan fingerprint density at radius 3 is 2.67 bits per heavy atom. The normalized spacial score (nSPS) is 11.4. The van der Waals surface area contributed by atoms with Gasteiger partial charge in [-0.1, -0.05) is 17.7 Å². The topological polar surface area (TPSA) is 94.0 Å². The van der Waals surface area contributed by atoms with Crippen molar-refractivity contribution in [2.24, 2.45) is 0 Å². The van der Waals surface area contributed by atoms with Gasteiger partial charge in [0.25, 0.3) is 15.9 Å². The summed E-state index contributed by atoms with van der Waals surface area (Å²) in [6.07, 6.45) is 2.91. The molecule has 24 heavy (non-hydrogen) atoms. The maximum atomic E-state index is 12.5. The number of nitrogens with zero attached hydrogens (tertiary/aromatic N) is 3. The molecule has 0 radical (unpaired) electrons. The van der Waals surface area contributed by atoms with Crippen molar-refractivity contribution in [1.82, 2.24) is 19.5 Å². The average Bonchev–Trinajstić information content (AvgIpc) is 3.25. The Labute approximate surface area is 143 Å². The van der Waals surface area contributed by atoms with Crippen molar-refractivity contribution in [2.75, 3.05) is 0 Å². The summed E-state index contributed by atoms with van der Waals surface area (Å²) in [5.74, 6) is -0.456. The molecule has 3 rings (SSSR count). The minimum Gasteiger partial charge on any atom is -0.344 e. The van der Waals surface area contributed by atoms with Crippen molar-refractivity contribution in [2.45, 2.75) is 18.4 Å². The highest BCUT2D eigenvalue weighted by atomic mass is 32.2. The summed E-state index contributed by atoms with van der Waals surface area (Å²) >= 11 is 1.42. The molecule has 1 aromatic carbocycles. The van der Waals surface area contributed by atoms with Gasteiger partial charge in [-0.25, -0.2) is 4.98 Å². The lowest BCUT2D eigenvalue weighted by atomic mass is 10.2. The van der Waals surface area contributed by atoms with E-state index in [2.05, 4.69) is 15.4 Å². The van der Waals surface area contributed by atoms with Gasteiger partial charge in [0.05, 0.1) is 11.4 Å². The molecule has 0 unspecified atom stereocenters. The largest absolute Gasteiger partial charge is 0.344 e. The lowest BCUT2D eigenvalue weighted by Gasteiger charge is -2.04. The summed E-state index contributed by atoms with van der Waals surface area (Å²) in [6, 6.07) is 7.79. The lowest BCUT2D eigenvalue weighted by Crippen LogP contribution is -2.24. The Balaban J connectivity index is 1.77. The predicted octanol–water partition coefficient (Wildman–Crippen LogP) is 1.82. The fraction of sp³-hybridized carbons (Fsp3) is 0.133. The number of thiazole rings is 1. The van der Waals surface area contributed by atoms with E-state index in [4.69, 9.17) is 0 Å². The van der Waals surface area contributed by atoms with E-state index in [1.165, 1.54) is 35.7 Å². The summed E-state index contributed by atoms with van der Waals surface area (Å²) in [5, 5.41) is 9.10. The highest BCUT2D eigenvalue weighted by molar-refractivity contribution is 7.89. The van der Waals surface area contributed by atoms with Crippen molar-refractivity contribution in [1.29, 1.82) is 0 Å². The average molecular weight is 362 g/mol. The number of carbonyl (C=O) groups excluding carboxylic acids is 1. The molecule has 0 atom stereocenters. The Morgan fingerprint density at radius 1 is 1.25 bits per heavy atom. The molecule has 1 amide bonds. The first kappa shape index (κ1) is 16.3. The van der Waals surface area contributed by atoms with Crippen LogP contribution in [-0.2, 0) is 16.6 Å². The maximum absolute atomic E-state index is 12.5. The van der Waals surface area contributed by atoms with Crippen molar-refractivity contribution in [3.63, 3.8) is 0 Å². The molecule has 7 nitrogen and oxygen atoms in total. The summed E-state index contributed by atoms with van der Waals surface area (Å²) in [5.41, 5.74) is 0.985. The van der Waals surface area contributed by atoms with Crippen LogP contribution >= 0.6 is 11.3 Å². The number of amides is 1. The van der Waals surface area contributed by atoms with Gasteiger partial charge in [0.2, 0.25) is 0 Å². The van der Waals surface area contributed by atoms with Gasteiger partial charge in [0.15, 0.2) is 5.69 Å². The van der Waals surface area contributed by atoms with E-state index < -0.39 is 15.9 Å². The van der Waals surface area contributed by atoms with Gasteiger partial charge in [0, 0.05) is 17.8 Å². The van der Waals surface area contributed by atoms with Crippen molar-refractivity contribution in [3.8, 4) is 0 Å². The van der Waals surface area contributed by atoms with E-state index in [-0.39, 0.29) is 17.1 Å². The number of aromatic nitrogens is 3. The van der Waals surface area contributed by atoms with E-state index in [0.717, 1.165) is 14.7 Å². The molecule has 124 valence electrons. The second-order valence-corrected chi connectivity index (χ2v) is 7.77. The molecule has 2 heterocycles. The summed E-state index contributed by atoms with van der Waals surface area (Å²) in [7, 11) is -3.81.